The molecule has 0 unspecified atom stereocenters. The van der Waals surface area contributed by atoms with Crippen molar-refractivity contribution in [2.75, 3.05) is 11.9 Å². The lowest BCUT2D eigenvalue weighted by molar-refractivity contribution is -0.384. The Hall–Kier alpha value is -2.83. The van der Waals surface area contributed by atoms with E-state index < -0.39 is 10.9 Å². The van der Waals surface area contributed by atoms with Gasteiger partial charge in [0.15, 0.2) is 0 Å². The van der Waals surface area contributed by atoms with Crippen LogP contribution in [-0.2, 0) is 6.54 Å². The molecule has 0 fully saturated rings. The lowest BCUT2D eigenvalue weighted by atomic mass is 10.1. The van der Waals surface area contributed by atoms with E-state index in [0.29, 0.717) is 12.3 Å². The lowest BCUT2D eigenvalue weighted by Crippen LogP contribution is -2.21. The van der Waals surface area contributed by atoms with Gasteiger partial charge in [-0.05, 0) is 19.1 Å². The van der Waals surface area contributed by atoms with E-state index in [9.17, 15) is 20.0 Å². The molecule has 7 heteroatoms. The van der Waals surface area contributed by atoms with Crippen LogP contribution in [0.25, 0.3) is 0 Å². The first-order valence-electron chi connectivity index (χ1n) is 6.16. The van der Waals surface area contributed by atoms with Gasteiger partial charge in [-0.15, -0.1) is 0 Å². The maximum Gasteiger partial charge on any atom is 0.338 e. The molecule has 110 valence electrons. The molecule has 1 aromatic carbocycles. The van der Waals surface area contributed by atoms with Gasteiger partial charge in [0.05, 0.1) is 16.7 Å². The smallest absolute Gasteiger partial charge is 0.338 e. The molecule has 0 aliphatic carbocycles. The van der Waals surface area contributed by atoms with Gasteiger partial charge in [-0.3, -0.25) is 10.1 Å². The molecule has 0 bridgehead atoms. The third-order valence-corrected chi connectivity index (χ3v) is 3.20. The number of furan rings is 1. The molecule has 0 spiro atoms. The molecule has 0 radical (unpaired) electrons. The molecular formula is C14H14N2O5. The molecule has 0 saturated carbocycles. The second kappa shape index (κ2) is 5.66. The summed E-state index contributed by atoms with van der Waals surface area (Å²) in [6.07, 6.45) is 1.52. The zero-order chi connectivity index (χ0) is 15.6. The van der Waals surface area contributed by atoms with Gasteiger partial charge in [-0.25, -0.2) is 4.79 Å². The van der Waals surface area contributed by atoms with Crippen molar-refractivity contribution in [3.63, 3.8) is 0 Å². The van der Waals surface area contributed by atoms with Crippen molar-refractivity contribution in [1.29, 1.82) is 0 Å². The number of hydrogen-bond donors (Lipinski definition) is 1. The van der Waals surface area contributed by atoms with Crippen LogP contribution in [0.3, 0.4) is 0 Å². The number of benzene rings is 1. The van der Waals surface area contributed by atoms with Crippen LogP contribution in [0.2, 0.25) is 0 Å². The van der Waals surface area contributed by atoms with E-state index in [2.05, 4.69) is 0 Å². The van der Waals surface area contributed by atoms with E-state index in [1.165, 1.54) is 24.5 Å². The summed E-state index contributed by atoms with van der Waals surface area (Å²) in [7, 11) is 1.61. The van der Waals surface area contributed by atoms with E-state index in [4.69, 9.17) is 4.42 Å². The molecular weight excluding hydrogens is 276 g/mol. The highest BCUT2D eigenvalue weighted by atomic mass is 16.6. The number of aromatic carboxylic acids is 1. The average molecular weight is 290 g/mol. The van der Waals surface area contributed by atoms with E-state index in [0.717, 1.165) is 5.56 Å². The number of nitrogens with zero attached hydrogens (tertiary/aromatic N) is 2. The highest BCUT2D eigenvalue weighted by Gasteiger charge is 2.24. The molecule has 2 aromatic rings. The molecule has 1 aromatic heterocycles. The molecule has 1 N–H and O–H groups in total. The number of carboxylic acid groups (broad SMARTS) is 1. The zero-order valence-electron chi connectivity index (χ0n) is 11.6. The van der Waals surface area contributed by atoms with Gasteiger partial charge < -0.3 is 14.4 Å². The van der Waals surface area contributed by atoms with Crippen molar-refractivity contribution in [3.8, 4) is 0 Å². The fourth-order valence-electron chi connectivity index (χ4n) is 2.16. The van der Waals surface area contributed by atoms with Gasteiger partial charge in [0.25, 0.3) is 5.69 Å². The minimum absolute atomic E-state index is 0.0793. The summed E-state index contributed by atoms with van der Waals surface area (Å²) in [5.74, 6) is -0.512. The topological polar surface area (TPSA) is 96.8 Å². The second-order valence-corrected chi connectivity index (χ2v) is 4.59. The van der Waals surface area contributed by atoms with Gasteiger partial charge >= 0.3 is 5.97 Å². The summed E-state index contributed by atoms with van der Waals surface area (Å²) in [5, 5.41) is 20.4. The molecule has 1 heterocycles. The Balaban J connectivity index is 2.47. The summed E-state index contributed by atoms with van der Waals surface area (Å²) in [5.41, 5.74) is 0.578. The van der Waals surface area contributed by atoms with Crippen molar-refractivity contribution < 1.29 is 19.2 Å². The van der Waals surface area contributed by atoms with Crippen LogP contribution >= 0.6 is 0 Å². The number of nitro groups is 1. The second-order valence-electron chi connectivity index (χ2n) is 4.59. The van der Waals surface area contributed by atoms with Gasteiger partial charge in [-0.1, -0.05) is 6.07 Å². The maximum absolute atomic E-state index is 11.3. The van der Waals surface area contributed by atoms with Crippen molar-refractivity contribution in [2.45, 2.75) is 13.5 Å². The number of anilines is 1. The van der Waals surface area contributed by atoms with Crippen LogP contribution in [-0.4, -0.2) is 23.0 Å². The largest absolute Gasteiger partial charge is 0.478 e. The summed E-state index contributed by atoms with van der Waals surface area (Å²) >= 11 is 0. The number of carbonyl (C=O) groups is 1. The predicted molar refractivity (Wildman–Crippen MR) is 75.6 cm³/mol. The van der Waals surface area contributed by atoms with Crippen LogP contribution < -0.4 is 4.90 Å². The average Bonchev–Trinajstić information content (AvgIpc) is 2.83. The maximum atomic E-state index is 11.3. The predicted octanol–water partition coefficient (Wildman–Crippen LogP) is 2.83. The molecule has 21 heavy (non-hydrogen) atoms. The molecule has 2 rings (SSSR count). The molecule has 0 aliphatic rings. The number of carboxylic acids is 1. The Morgan fingerprint density at radius 2 is 2.14 bits per heavy atom. The Morgan fingerprint density at radius 1 is 1.43 bits per heavy atom. The normalized spacial score (nSPS) is 10.4. The van der Waals surface area contributed by atoms with Crippen molar-refractivity contribution in [2.24, 2.45) is 0 Å². The standard InChI is InChI=1S/C14H14N2O5/c1-9-10(6-7-21-9)8-15(2)13-11(14(17)18)4-3-5-12(13)16(19)20/h3-7H,8H2,1-2H3,(H,17,18). The van der Waals surface area contributed by atoms with Gasteiger partial charge in [0, 0.05) is 25.2 Å². The van der Waals surface area contributed by atoms with Gasteiger partial charge in [-0.2, -0.15) is 0 Å². The third kappa shape index (κ3) is 2.86. The van der Waals surface area contributed by atoms with Crippen LogP contribution in [0.1, 0.15) is 21.7 Å². The highest BCUT2D eigenvalue weighted by Crippen LogP contribution is 2.32. The first-order valence-corrected chi connectivity index (χ1v) is 6.16. The van der Waals surface area contributed by atoms with Crippen LogP contribution in [0, 0.1) is 17.0 Å². The molecule has 0 saturated heterocycles. The summed E-state index contributed by atoms with van der Waals surface area (Å²) < 4.78 is 5.18. The number of aryl methyl sites for hydroxylation is 1. The van der Waals surface area contributed by atoms with E-state index in [1.807, 2.05) is 0 Å². The van der Waals surface area contributed by atoms with Crippen LogP contribution in [0.5, 0.6) is 0 Å². The summed E-state index contributed by atoms with van der Waals surface area (Å²) in [6.45, 7) is 2.09. The SMILES string of the molecule is Cc1occc1CN(C)c1c(C(=O)O)cccc1[N+](=O)[O-]. The zero-order valence-corrected chi connectivity index (χ0v) is 11.6. The summed E-state index contributed by atoms with van der Waals surface area (Å²) in [4.78, 5) is 23.4. The van der Waals surface area contributed by atoms with Crippen molar-refractivity contribution >= 4 is 17.3 Å². The van der Waals surface area contributed by atoms with E-state index in [1.54, 1.807) is 24.9 Å². The Morgan fingerprint density at radius 3 is 2.67 bits per heavy atom. The number of rotatable bonds is 5. The van der Waals surface area contributed by atoms with Gasteiger partial charge in [0.2, 0.25) is 0 Å². The number of para-hydroxylation sites is 1. The van der Waals surface area contributed by atoms with E-state index >= 15 is 0 Å². The molecule has 7 nitrogen and oxygen atoms in total. The van der Waals surface area contributed by atoms with Crippen molar-refractivity contribution in [3.05, 3.63) is 57.5 Å². The van der Waals surface area contributed by atoms with Crippen LogP contribution in [0.15, 0.2) is 34.9 Å². The minimum Gasteiger partial charge on any atom is -0.478 e. The Kier molecular flexibility index (Phi) is 3.93. The Bertz CT molecular complexity index is 660. The Labute approximate surface area is 120 Å². The number of hydrogen-bond acceptors (Lipinski definition) is 5. The summed E-state index contributed by atoms with van der Waals surface area (Å²) in [6, 6.07) is 5.76. The first kappa shape index (κ1) is 14.6. The molecule has 0 aliphatic heterocycles. The fourth-order valence-corrected chi connectivity index (χ4v) is 2.16. The van der Waals surface area contributed by atoms with Gasteiger partial charge in [0.1, 0.15) is 11.4 Å². The lowest BCUT2D eigenvalue weighted by Gasteiger charge is -2.20. The molecule has 0 atom stereocenters. The highest BCUT2D eigenvalue weighted by molar-refractivity contribution is 5.97. The minimum atomic E-state index is -1.20. The first-order chi connectivity index (χ1) is 9.91. The third-order valence-electron chi connectivity index (χ3n) is 3.20. The fraction of sp³-hybridized carbons (Fsp3) is 0.214. The van der Waals surface area contributed by atoms with Crippen LogP contribution in [0.4, 0.5) is 11.4 Å². The van der Waals surface area contributed by atoms with E-state index in [-0.39, 0.29) is 16.9 Å². The monoisotopic (exact) mass is 290 g/mol. The quantitative estimate of drug-likeness (QED) is 0.671. The number of nitro benzene ring substituents is 1. The van der Waals surface area contributed by atoms with Crippen molar-refractivity contribution in [1.82, 2.24) is 0 Å². The molecule has 0 amide bonds.